The largest absolute Gasteiger partial charge is 0.306 e. The highest BCUT2D eigenvalue weighted by atomic mass is 32.1. The first kappa shape index (κ1) is 12.1. The molecule has 1 saturated carbocycles. The van der Waals surface area contributed by atoms with E-state index in [1.54, 1.807) is 0 Å². The van der Waals surface area contributed by atoms with Gasteiger partial charge < -0.3 is 5.32 Å². The summed E-state index contributed by atoms with van der Waals surface area (Å²) in [6, 6.07) is 5.75. The van der Waals surface area contributed by atoms with Gasteiger partial charge in [-0.1, -0.05) is 39.2 Å². The van der Waals surface area contributed by atoms with E-state index in [2.05, 4.69) is 36.7 Å². The van der Waals surface area contributed by atoms with E-state index < -0.39 is 0 Å². The van der Waals surface area contributed by atoms with Crippen molar-refractivity contribution in [1.82, 2.24) is 5.32 Å². The molecule has 1 aromatic heterocycles. The molecule has 0 aromatic carbocycles. The van der Waals surface area contributed by atoms with E-state index in [-0.39, 0.29) is 0 Å². The lowest BCUT2D eigenvalue weighted by molar-refractivity contribution is 0.303. The average molecular weight is 237 g/mol. The third kappa shape index (κ3) is 3.08. The molecule has 1 nitrogen and oxygen atoms in total. The maximum absolute atomic E-state index is 3.87. The molecule has 0 bridgehead atoms. The second-order valence-corrected chi connectivity index (χ2v) is 6.22. The van der Waals surface area contributed by atoms with Gasteiger partial charge in [-0.05, 0) is 30.2 Å². The Kier molecular flexibility index (Phi) is 4.42. The van der Waals surface area contributed by atoms with Crippen LogP contribution in [0, 0.1) is 5.92 Å². The Labute approximate surface area is 103 Å². The fraction of sp³-hybridized carbons (Fsp3) is 0.714. The van der Waals surface area contributed by atoms with Crippen LogP contribution in [0.3, 0.4) is 0 Å². The number of hydrogen-bond donors (Lipinski definition) is 1. The van der Waals surface area contributed by atoms with Gasteiger partial charge in [-0.2, -0.15) is 0 Å². The van der Waals surface area contributed by atoms with E-state index in [0.29, 0.717) is 12.0 Å². The van der Waals surface area contributed by atoms with Crippen LogP contribution in [0.5, 0.6) is 0 Å². The van der Waals surface area contributed by atoms with Gasteiger partial charge >= 0.3 is 0 Å². The Morgan fingerprint density at radius 2 is 2.00 bits per heavy atom. The first-order valence-electron chi connectivity index (χ1n) is 6.57. The summed E-state index contributed by atoms with van der Waals surface area (Å²) in [5.41, 5.74) is 0. The summed E-state index contributed by atoms with van der Waals surface area (Å²) in [7, 11) is 0. The van der Waals surface area contributed by atoms with Gasteiger partial charge in [-0.3, -0.25) is 0 Å². The number of nitrogens with one attached hydrogen (secondary N) is 1. The first-order chi connectivity index (χ1) is 7.77. The van der Waals surface area contributed by atoms with Gasteiger partial charge in [0, 0.05) is 17.0 Å². The SMILES string of the molecule is CC(C)C(NC1CCCCC1)c1cccs1. The molecule has 90 valence electrons. The molecular formula is C14H23NS. The van der Waals surface area contributed by atoms with Crippen LogP contribution in [-0.2, 0) is 0 Å². The predicted octanol–water partition coefficient (Wildman–Crippen LogP) is 4.37. The van der Waals surface area contributed by atoms with Crippen LogP contribution in [-0.4, -0.2) is 6.04 Å². The number of rotatable bonds is 4. The zero-order valence-corrected chi connectivity index (χ0v) is 11.2. The van der Waals surface area contributed by atoms with Crippen molar-refractivity contribution in [3.05, 3.63) is 22.4 Å². The second-order valence-electron chi connectivity index (χ2n) is 5.24. The fourth-order valence-electron chi connectivity index (χ4n) is 2.59. The van der Waals surface area contributed by atoms with Gasteiger partial charge in [0.05, 0.1) is 0 Å². The Bertz CT molecular complexity index is 286. The van der Waals surface area contributed by atoms with Crippen LogP contribution in [0.25, 0.3) is 0 Å². The summed E-state index contributed by atoms with van der Waals surface area (Å²) in [5, 5.41) is 6.06. The van der Waals surface area contributed by atoms with Gasteiger partial charge in [0.2, 0.25) is 0 Å². The molecule has 1 heterocycles. The standard InChI is InChI=1S/C14H23NS/c1-11(2)14(13-9-6-10-16-13)15-12-7-4-3-5-8-12/h6,9-12,14-15H,3-5,7-8H2,1-2H3. The van der Waals surface area contributed by atoms with E-state index in [1.807, 2.05) is 11.3 Å². The predicted molar refractivity (Wildman–Crippen MR) is 71.9 cm³/mol. The molecule has 1 unspecified atom stereocenters. The van der Waals surface area contributed by atoms with Crippen molar-refractivity contribution in [2.75, 3.05) is 0 Å². The lowest BCUT2D eigenvalue weighted by Gasteiger charge is -2.30. The molecule has 0 aliphatic heterocycles. The average Bonchev–Trinajstić information content (AvgIpc) is 2.80. The molecule has 1 atom stereocenters. The first-order valence-corrected chi connectivity index (χ1v) is 7.45. The molecule has 1 aliphatic carbocycles. The topological polar surface area (TPSA) is 12.0 Å². The van der Waals surface area contributed by atoms with E-state index in [0.717, 1.165) is 6.04 Å². The van der Waals surface area contributed by atoms with Gasteiger partial charge in [-0.25, -0.2) is 0 Å². The smallest absolute Gasteiger partial charge is 0.0440 e. The maximum atomic E-state index is 3.87. The monoisotopic (exact) mass is 237 g/mol. The highest BCUT2D eigenvalue weighted by Crippen LogP contribution is 2.28. The Morgan fingerprint density at radius 1 is 1.25 bits per heavy atom. The summed E-state index contributed by atoms with van der Waals surface area (Å²) in [6.45, 7) is 4.64. The number of thiophene rings is 1. The molecule has 0 amide bonds. The fourth-order valence-corrected chi connectivity index (χ4v) is 3.55. The number of hydrogen-bond acceptors (Lipinski definition) is 2. The van der Waals surface area contributed by atoms with E-state index in [4.69, 9.17) is 0 Å². The van der Waals surface area contributed by atoms with Crippen LogP contribution >= 0.6 is 11.3 Å². The van der Waals surface area contributed by atoms with Crippen LogP contribution < -0.4 is 5.32 Å². The molecule has 1 fully saturated rings. The zero-order chi connectivity index (χ0) is 11.4. The summed E-state index contributed by atoms with van der Waals surface area (Å²) in [6.07, 6.45) is 6.99. The summed E-state index contributed by atoms with van der Waals surface area (Å²) >= 11 is 1.89. The molecular weight excluding hydrogens is 214 g/mol. The minimum atomic E-state index is 0.558. The molecule has 0 saturated heterocycles. The maximum Gasteiger partial charge on any atom is 0.0440 e. The van der Waals surface area contributed by atoms with Gasteiger partial charge in [0.15, 0.2) is 0 Å². The third-order valence-corrected chi connectivity index (χ3v) is 4.49. The second kappa shape index (κ2) is 5.83. The van der Waals surface area contributed by atoms with Crippen LogP contribution in [0.4, 0.5) is 0 Å². The van der Waals surface area contributed by atoms with Crippen LogP contribution in [0.15, 0.2) is 17.5 Å². The molecule has 1 N–H and O–H groups in total. The summed E-state index contributed by atoms with van der Waals surface area (Å²) in [5.74, 6) is 0.681. The highest BCUT2D eigenvalue weighted by molar-refractivity contribution is 7.10. The highest BCUT2D eigenvalue weighted by Gasteiger charge is 2.21. The quantitative estimate of drug-likeness (QED) is 0.820. The Balaban J connectivity index is 1.97. The Hall–Kier alpha value is -0.340. The van der Waals surface area contributed by atoms with Crippen LogP contribution in [0.1, 0.15) is 56.9 Å². The van der Waals surface area contributed by atoms with Crippen molar-refractivity contribution in [2.45, 2.75) is 58.0 Å². The van der Waals surface area contributed by atoms with Crippen molar-refractivity contribution in [2.24, 2.45) is 5.92 Å². The molecule has 0 spiro atoms. The van der Waals surface area contributed by atoms with Crippen molar-refractivity contribution in [3.63, 3.8) is 0 Å². The third-order valence-electron chi connectivity index (χ3n) is 3.54. The van der Waals surface area contributed by atoms with E-state index >= 15 is 0 Å². The normalized spacial score (nSPS) is 20.2. The van der Waals surface area contributed by atoms with Gasteiger partial charge in [0.25, 0.3) is 0 Å². The lowest BCUT2D eigenvalue weighted by atomic mass is 9.93. The van der Waals surface area contributed by atoms with Crippen molar-refractivity contribution < 1.29 is 0 Å². The Morgan fingerprint density at radius 3 is 2.56 bits per heavy atom. The zero-order valence-electron chi connectivity index (χ0n) is 10.4. The molecule has 2 heteroatoms. The summed E-state index contributed by atoms with van der Waals surface area (Å²) in [4.78, 5) is 1.50. The van der Waals surface area contributed by atoms with E-state index in [1.165, 1.54) is 37.0 Å². The molecule has 2 rings (SSSR count). The van der Waals surface area contributed by atoms with Gasteiger partial charge in [0.1, 0.15) is 0 Å². The molecule has 0 radical (unpaired) electrons. The van der Waals surface area contributed by atoms with E-state index in [9.17, 15) is 0 Å². The lowest BCUT2D eigenvalue weighted by Crippen LogP contribution is -2.36. The summed E-state index contributed by atoms with van der Waals surface area (Å²) < 4.78 is 0. The molecule has 1 aliphatic rings. The van der Waals surface area contributed by atoms with Crippen molar-refractivity contribution in [3.8, 4) is 0 Å². The van der Waals surface area contributed by atoms with Crippen molar-refractivity contribution >= 4 is 11.3 Å². The van der Waals surface area contributed by atoms with Gasteiger partial charge in [-0.15, -0.1) is 11.3 Å². The minimum Gasteiger partial charge on any atom is -0.306 e. The minimum absolute atomic E-state index is 0.558. The van der Waals surface area contributed by atoms with Crippen molar-refractivity contribution in [1.29, 1.82) is 0 Å². The molecule has 16 heavy (non-hydrogen) atoms. The molecule has 1 aromatic rings. The van der Waals surface area contributed by atoms with Crippen LogP contribution in [0.2, 0.25) is 0 Å².